The van der Waals surface area contributed by atoms with Gasteiger partial charge < -0.3 is 14.2 Å². The minimum Gasteiger partial charge on any atom is -0.466 e. The molecule has 29 heavy (non-hydrogen) atoms. The molecule has 2 atom stereocenters. The van der Waals surface area contributed by atoms with Crippen LogP contribution in [0.2, 0.25) is 0 Å². The second-order valence-electron chi connectivity index (χ2n) is 6.99. The number of thiophene rings is 1. The summed E-state index contributed by atoms with van der Waals surface area (Å²) < 4.78 is 16.7. The lowest BCUT2D eigenvalue weighted by Crippen LogP contribution is -2.33. The lowest BCUT2D eigenvalue weighted by Gasteiger charge is -2.21. The van der Waals surface area contributed by atoms with E-state index in [-0.39, 0.29) is 24.7 Å². The van der Waals surface area contributed by atoms with Gasteiger partial charge in [-0.2, -0.15) is 0 Å². The van der Waals surface area contributed by atoms with Crippen LogP contribution in [0.1, 0.15) is 54.9 Å². The van der Waals surface area contributed by atoms with Gasteiger partial charge in [-0.1, -0.05) is 0 Å². The van der Waals surface area contributed by atoms with Crippen LogP contribution in [0, 0.1) is 6.92 Å². The van der Waals surface area contributed by atoms with Gasteiger partial charge >= 0.3 is 11.9 Å². The fraction of sp³-hybridized carbons (Fsp3) is 0.600. The third-order valence-corrected chi connectivity index (χ3v) is 6.28. The number of carbonyl (C=O) groups excluding carboxylic acids is 2. The molecule has 3 rings (SSSR count). The number of esters is 2. The molecule has 0 bridgehead atoms. The molecule has 158 valence electrons. The summed E-state index contributed by atoms with van der Waals surface area (Å²) in [5.41, 5.74) is 0.401. The molecule has 0 spiro atoms. The van der Waals surface area contributed by atoms with Gasteiger partial charge in [0.1, 0.15) is 23.3 Å². The molecule has 0 radical (unpaired) electrons. The SMILES string of the molecule is CCOC(=O)C1CCCc2sc3nc(C)n(C(C)C(=O)OCCOC)c(=O)c3c21. The summed E-state index contributed by atoms with van der Waals surface area (Å²) >= 11 is 1.45. The second-order valence-corrected chi connectivity index (χ2v) is 8.07. The number of hydrogen-bond acceptors (Lipinski definition) is 8. The monoisotopic (exact) mass is 422 g/mol. The first kappa shape index (κ1) is 21.4. The molecular weight excluding hydrogens is 396 g/mol. The van der Waals surface area contributed by atoms with E-state index in [0.717, 1.165) is 23.3 Å². The third-order valence-electron chi connectivity index (χ3n) is 5.12. The number of methoxy groups -OCH3 is 1. The van der Waals surface area contributed by atoms with Gasteiger partial charge in [0.2, 0.25) is 0 Å². The van der Waals surface area contributed by atoms with Gasteiger partial charge in [0.25, 0.3) is 5.56 Å². The van der Waals surface area contributed by atoms with E-state index in [1.807, 2.05) is 0 Å². The minimum atomic E-state index is -0.837. The Kier molecular flexibility index (Phi) is 6.69. The summed E-state index contributed by atoms with van der Waals surface area (Å²) in [4.78, 5) is 44.5. The van der Waals surface area contributed by atoms with Crippen molar-refractivity contribution in [1.29, 1.82) is 0 Å². The van der Waals surface area contributed by atoms with E-state index in [9.17, 15) is 14.4 Å². The van der Waals surface area contributed by atoms with Crippen molar-refractivity contribution in [2.45, 2.75) is 52.0 Å². The normalized spacial score (nSPS) is 17.0. The summed E-state index contributed by atoms with van der Waals surface area (Å²) in [6, 6.07) is -0.837. The van der Waals surface area contributed by atoms with Gasteiger partial charge in [-0.05, 0) is 45.6 Å². The molecule has 0 aromatic carbocycles. The van der Waals surface area contributed by atoms with E-state index in [1.165, 1.54) is 23.0 Å². The average Bonchev–Trinajstić information content (AvgIpc) is 3.06. The molecule has 2 heterocycles. The van der Waals surface area contributed by atoms with Crippen molar-refractivity contribution in [2.24, 2.45) is 0 Å². The van der Waals surface area contributed by atoms with Crippen LogP contribution in [-0.2, 0) is 30.2 Å². The van der Waals surface area contributed by atoms with Crippen molar-refractivity contribution in [3.8, 4) is 0 Å². The molecular formula is C20H26N2O6S. The highest BCUT2D eigenvalue weighted by atomic mass is 32.1. The van der Waals surface area contributed by atoms with E-state index in [4.69, 9.17) is 14.2 Å². The molecule has 8 nitrogen and oxygen atoms in total. The Morgan fingerprint density at radius 2 is 2.07 bits per heavy atom. The van der Waals surface area contributed by atoms with Crippen LogP contribution in [-0.4, -0.2) is 48.4 Å². The molecule has 0 saturated heterocycles. The maximum absolute atomic E-state index is 13.4. The predicted molar refractivity (Wildman–Crippen MR) is 108 cm³/mol. The molecule has 0 fully saturated rings. The summed E-state index contributed by atoms with van der Waals surface area (Å²) in [6.07, 6.45) is 2.30. The van der Waals surface area contributed by atoms with Crippen molar-refractivity contribution in [2.75, 3.05) is 26.9 Å². The summed E-state index contributed by atoms with van der Waals surface area (Å²) in [5, 5.41) is 0.421. The van der Waals surface area contributed by atoms with Crippen LogP contribution in [0.25, 0.3) is 10.2 Å². The van der Waals surface area contributed by atoms with Crippen LogP contribution in [0.15, 0.2) is 4.79 Å². The van der Waals surface area contributed by atoms with Crippen molar-refractivity contribution >= 4 is 33.5 Å². The molecule has 2 aromatic rings. The highest BCUT2D eigenvalue weighted by molar-refractivity contribution is 7.18. The molecule has 1 aliphatic rings. The number of hydrogen-bond donors (Lipinski definition) is 0. The first-order valence-electron chi connectivity index (χ1n) is 9.77. The number of fused-ring (bicyclic) bond motifs is 3. The smallest absolute Gasteiger partial charge is 0.329 e. The number of aryl methyl sites for hydroxylation is 2. The summed E-state index contributed by atoms with van der Waals surface area (Å²) in [6.45, 7) is 5.76. The van der Waals surface area contributed by atoms with Gasteiger partial charge in [0.15, 0.2) is 0 Å². The second kappa shape index (κ2) is 9.04. The number of ether oxygens (including phenoxy) is 3. The largest absolute Gasteiger partial charge is 0.466 e. The summed E-state index contributed by atoms with van der Waals surface area (Å²) in [5.74, 6) is -0.877. The Labute approximate surface area is 172 Å². The topological polar surface area (TPSA) is 96.7 Å². The first-order valence-corrected chi connectivity index (χ1v) is 10.6. The van der Waals surface area contributed by atoms with Gasteiger partial charge in [-0.15, -0.1) is 11.3 Å². The molecule has 2 unspecified atom stereocenters. The quantitative estimate of drug-likeness (QED) is 0.499. The Bertz CT molecular complexity index is 979. The van der Waals surface area contributed by atoms with Crippen molar-refractivity contribution < 1.29 is 23.8 Å². The Morgan fingerprint density at radius 3 is 2.76 bits per heavy atom. The Morgan fingerprint density at radius 1 is 1.31 bits per heavy atom. The molecule has 0 amide bonds. The van der Waals surface area contributed by atoms with Crippen LogP contribution >= 0.6 is 11.3 Å². The molecule has 9 heteroatoms. The maximum Gasteiger partial charge on any atom is 0.329 e. The van der Waals surface area contributed by atoms with Gasteiger partial charge in [-0.25, -0.2) is 9.78 Å². The fourth-order valence-electron chi connectivity index (χ4n) is 3.78. The highest BCUT2D eigenvalue weighted by Gasteiger charge is 2.34. The lowest BCUT2D eigenvalue weighted by atomic mass is 9.86. The zero-order chi connectivity index (χ0) is 21.1. The average molecular weight is 423 g/mol. The van der Waals surface area contributed by atoms with Gasteiger partial charge in [0.05, 0.1) is 24.5 Å². The fourth-order valence-corrected chi connectivity index (χ4v) is 5.09. The van der Waals surface area contributed by atoms with E-state index >= 15 is 0 Å². The zero-order valence-corrected chi connectivity index (χ0v) is 18.0. The van der Waals surface area contributed by atoms with Crippen LogP contribution in [0.5, 0.6) is 0 Å². The molecule has 0 N–H and O–H groups in total. The number of carbonyl (C=O) groups is 2. The van der Waals surface area contributed by atoms with E-state index in [1.54, 1.807) is 20.8 Å². The number of rotatable bonds is 7. The first-order chi connectivity index (χ1) is 13.9. The van der Waals surface area contributed by atoms with Crippen LogP contribution in [0.4, 0.5) is 0 Å². The van der Waals surface area contributed by atoms with Crippen LogP contribution < -0.4 is 5.56 Å². The number of aromatic nitrogens is 2. The van der Waals surface area contributed by atoms with E-state index in [0.29, 0.717) is 29.1 Å². The third kappa shape index (κ3) is 4.06. The molecule has 0 saturated carbocycles. The van der Waals surface area contributed by atoms with Crippen molar-refractivity contribution in [1.82, 2.24) is 9.55 Å². The molecule has 2 aromatic heterocycles. The van der Waals surface area contributed by atoms with Gasteiger partial charge in [-0.3, -0.25) is 14.2 Å². The highest BCUT2D eigenvalue weighted by Crippen LogP contribution is 2.41. The zero-order valence-electron chi connectivity index (χ0n) is 17.1. The standard InChI is InChI=1S/C20H26N2O6S/c1-5-27-20(25)13-7-6-8-14-15(13)16-17(29-14)21-12(3)22(18(16)23)11(2)19(24)28-10-9-26-4/h11,13H,5-10H2,1-4H3. The molecule has 1 aliphatic carbocycles. The lowest BCUT2D eigenvalue weighted by molar-refractivity contribution is -0.148. The Hall–Kier alpha value is -2.26. The maximum atomic E-state index is 13.4. The molecule has 0 aliphatic heterocycles. The minimum absolute atomic E-state index is 0.113. The van der Waals surface area contributed by atoms with Crippen molar-refractivity contribution in [3.05, 3.63) is 26.6 Å². The van der Waals surface area contributed by atoms with Gasteiger partial charge in [0, 0.05) is 12.0 Å². The van der Waals surface area contributed by atoms with E-state index < -0.39 is 17.9 Å². The van der Waals surface area contributed by atoms with Crippen LogP contribution in [0.3, 0.4) is 0 Å². The summed E-state index contributed by atoms with van der Waals surface area (Å²) in [7, 11) is 1.52. The predicted octanol–water partition coefficient (Wildman–Crippen LogP) is 2.50. The number of nitrogens with zero attached hydrogens (tertiary/aromatic N) is 2. The Balaban J connectivity index is 2.08. The van der Waals surface area contributed by atoms with E-state index in [2.05, 4.69) is 4.98 Å². The van der Waals surface area contributed by atoms with Crippen molar-refractivity contribution in [3.63, 3.8) is 0 Å².